The van der Waals surface area contributed by atoms with Gasteiger partial charge in [0.1, 0.15) is 0 Å². The molecule has 3 heteroatoms. The Morgan fingerprint density at radius 1 is 1.12 bits per heavy atom. The highest BCUT2D eigenvalue weighted by atomic mass is 16.1. The number of aromatic nitrogens is 2. The fourth-order valence-corrected chi connectivity index (χ4v) is 1.64. The topological polar surface area (TPSA) is 34.9 Å². The van der Waals surface area contributed by atoms with Gasteiger partial charge >= 0.3 is 0 Å². The van der Waals surface area contributed by atoms with Gasteiger partial charge in [-0.25, -0.2) is 4.98 Å². The molecule has 0 amide bonds. The van der Waals surface area contributed by atoms with Crippen molar-refractivity contribution < 1.29 is 4.79 Å². The van der Waals surface area contributed by atoms with Crippen molar-refractivity contribution in [2.24, 2.45) is 0 Å². The zero-order valence-corrected chi connectivity index (χ0v) is 9.35. The summed E-state index contributed by atoms with van der Waals surface area (Å²) in [7, 11) is 0. The molecule has 0 radical (unpaired) electrons. The molecule has 0 aliphatic rings. The van der Waals surface area contributed by atoms with E-state index in [-0.39, 0.29) is 0 Å². The van der Waals surface area contributed by atoms with Crippen LogP contribution in [0.15, 0.2) is 38.0 Å². The SMILES string of the molecule is C=CCc1nc(C=O)n(CC=C)c1CC=C. The van der Waals surface area contributed by atoms with Gasteiger partial charge in [0, 0.05) is 25.1 Å². The number of allylic oxidation sites excluding steroid dienone is 3. The summed E-state index contributed by atoms with van der Waals surface area (Å²) in [5.41, 5.74) is 1.90. The van der Waals surface area contributed by atoms with Gasteiger partial charge in [0.25, 0.3) is 0 Å². The molecule has 1 aromatic heterocycles. The molecule has 0 aliphatic heterocycles. The standard InChI is InChI=1S/C13H16N2O/c1-4-7-11-12(8-5-2)15(9-6-3)13(10-16)14-11/h4-6,10H,1-3,7-9H2. The highest BCUT2D eigenvalue weighted by Crippen LogP contribution is 2.14. The summed E-state index contributed by atoms with van der Waals surface area (Å²) in [6, 6.07) is 0. The first-order valence-corrected chi connectivity index (χ1v) is 5.14. The lowest BCUT2D eigenvalue weighted by Crippen LogP contribution is -2.05. The molecule has 0 saturated carbocycles. The van der Waals surface area contributed by atoms with E-state index < -0.39 is 0 Å². The van der Waals surface area contributed by atoms with Crippen LogP contribution in [0.2, 0.25) is 0 Å². The lowest BCUT2D eigenvalue weighted by Gasteiger charge is -2.06. The van der Waals surface area contributed by atoms with E-state index in [1.807, 2.05) is 4.57 Å². The van der Waals surface area contributed by atoms with Gasteiger partial charge < -0.3 is 4.57 Å². The fourth-order valence-electron chi connectivity index (χ4n) is 1.64. The Morgan fingerprint density at radius 2 is 1.81 bits per heavy atom. The maximum absolute atomic E-state index is 10.9. The van der Waals surface area contributed by atoms with E-state index >= 15 is 0 Å². The minimum absolute atomic E-state index is 0.439. The Balaban J connectivity index is 3.27. The molecule has 0 N–H and O–H groups in total. The van der Waals surface area contributed by atoms with Crippen molar-refractivity contribution in [2.75, 3.05) is 0 Å². The van der Waals surface area contributed by atoms with Gasteiger partial charge in [-0.3, -0.25) is 4.79 Å². The molecule has 0 bridgehead atoms. The molecular weight excluding hydrogens is 200 g/mol. The van der Waals surface area contributed by atoms with E-state index in [0.29, 0.717) is 25.2 Å². The highest BCUT2D eigenvalue weighted by Gasteiger charge is 2.13. The summed E-state index contributed by atoms with van der Waals surface area (Å²) in [5.74, 6) is 0.439. The quantitative estimate of drug-likeness (QED) is 0.518. The summed E-state index contributed by atoms with van der Waals surface area (Å²) in [6.45, 7) is 11.7. The number of carbonyl (C=O) groups excluding carboxylic acids is 1. The number of hydrogen-bond acceptors (Lipinski definition) is 2. The van der Waals surface area contributed by atoms with Crippen LogP contribution >= 0.6 is 0 Å². The third-order valence-electron chi connectivity index (χ3n) is 2.28. The van der Waals surface area contributed by atoms with Crippen molar-refractivity contribution in [1.29, 1.82) is 0 Å². The fraction of sp³-hybridized carbons (Fsp3) is 0.231. The van der Waals surface area contributed by atoms with E-state index in [1.165, 1.54) is 0 Å². The first-order chi connectivity index (χ1) is 7.78. The van der Waals surface area contributed by atoms with E-state index in [0.717, 1.165) is 17.7 Å². The second-order valence-corrected chi connectivity index (χ2v) is 3.37. The molecule has 0 aromatic carbocycles. The molecule has 0 atom stereocenters. The molecule has 3 nitrogen and oxygen atoms in total. The van der Waals surface area contributed by atoms with Crippen molar-refractivity contribution >= 4 is 6.29 Å². The van der Waals surface area contributed by atoms with Crippen molar-refractivity contribution in [2.45, 2.75) is 19.4 Å². The van der Waals surface area contributed by atoms with E-state index in [1.54, 1.807) is 18.2 Å². The maximum Gasteiger partial charge on any atom is 0.185 e. The predicted octanol–water partition coefficient (Wildman–Crippen LogP) is 2.34. The zero-order valence-electron chi connectivity index (χ0n) is 9.35. The third kappa shape index (κ3) is 2.37. The zero-order chi connectivity index (χ0) is 12.0. The summed E-state index contributed by atoms with van der Waals surface area (Å²) in [4.78, 5) is 15.2. The van der Waals surface area contributed by atoms with Crippen molar-refractivity contribution in [3.63, 3.8) is 0 Å². The van der Waals surface area contributed by atoms with Gasteiger partial charge in [-0.2, -0.15) is 0 Å². The minimum Gasteiger partial charge on any atom is -0.321 e. The Morgan fingerprint density at radius 3 is 2.31 bits per heavy atom. The summed E-state index contributed by atoms with van der Waals surface area (Å²) >= 11 is 0. The molecule has 0 fully saturated rings. The number of carbonyl (C=O) groups is 1. The molecular formula is C13H16N2O. The Bertz CT molecular complexity index is 416. The van der Waals surface area contributed by atoms with Crippen LogP contribution in [0.25, 0.3) is 0 Å². The second-order valence-electron chi connectivity index (χ2n) is 3.37. The Kier molecular flexibility index (Phi) is 4.45. The summed E-state index contributed by atoms with van der Waals surface area (Å²) < 4.78 is 1.86. The van der Waals surface area contributed by atoms with Crippen molar-refractivity contribution in [1.82, 2.24) is 9.55 Å². The first-order valence-electron chi connectivity index (χ1n) is 5.14. The van der Waals surface area contributed by atoms with E-state index in [2.05, 4.69) is 24.7 Å². The van der Waals surface area contributed by atoms with Gasteiger partial charge in [-0.05, 0) is 0 Å². The monoisotopic (exact) mass is 216 g/mol. The molecule has 1 rings (SSSR count). The average Bonchev–Trinajstić information content (AvgIpc) is 2.60. The minimum atomic E-state index is 0.439. The van der Waals surface area contributed by atoms with Crippen LogP contribution in [0.1, 0.15) is 22.0 Å². The van der Waals surface area contributed by atoms with Crippen LogP contribution in [0.4, 0.5) is 0 Å². The lowest BCUT2D eigenvalue weighted by molar-refractivity contribution is 0.111. The normalized spacial score (nSPS) is 9.75. The molecule has 1 heterocycles. The molecule has 0 aliphatic carbocycles. The second kappa shape index (κ2) is 5.85. The average molecular weight is 216 g/mol. The molecule has 0 spiro atoms. The van der Waals surface area contributed by atoms with Crippen LogP contribution in [0.3, 0.4) is 0 Å². The number of aldehydes is 1. The first kappa shape index (κ1) is 12.2. The summed E-state index contributed by atoms with van der Waals surface area (Å²) in [6.07, 6.45) is 7.45. The number of hydrogen-bond donors (Lipinski definition) is 0. The number of rotatable bonds is 7. The van der Waals surface area contributed by atoms with Gasteiger partial charge in [0.05, 0.1) is 5.69 Å². The van der Waals surface area contributed by atoms with Crippen LogP contribution in [0, 0.1) is 0 Å². The van der Waals surface area contributed by atoms with Crippen LogP contribution in [-0.4, -0.2) is 15.8 Å². The molecule has 0 saturated heterocycles. The van der Waals surface area contributed by atoms with Gasteiger partial charge in [-0.15, -0.1) is 19.7 Å². The van der Waals surface area contributed by atoms with Crippen molar-refractivity contribution in [3.8, 4) is 0 Å². The largest absolute Gasteiger partial charge is 0.321 e. The third-order valence-corrected chi connectivity index (χ3v) is 2.28. The number of nitrogens with zero attached hydrogens (tertiary/aromatic N) is 2. The molecule has 1 aromatic rings. The van der Waals surface area contributed by atoms with Gasteiger partial charge in [0.2, 0.25) is 0 Å². The molecule has 16 heavy (non-hydrogen) atoms. The van der Waals surface area contributed by atoms with E-state index in [9.17, 15) is 4.79 Å². The number of imidazole rings is 1. The van der Waals surface area contributed by atoms with Crippen LogP contribution in [0.5, 0.6) is 0 Å². The maximum atomic E-state index is 10.9. The van der Waals surface area contributed by atoms with Gasteiger partial charge in [-0.1, -0.05) is 18.2 Å². The Hall–Kier alpha value is -1.90. The molecule has 84 valence electrons. The van der Waals surface area contributed by atoms with Crippen LogP contribution in [-0.2, 0) is 19.4 Å². The Labute approximate surface area is 95.8 Å². The predicted molar refractivity (Wildman–Crippen MR) is 65.6 cm³/mol. The van der Waals surface area contributed by atoms with Crippen LogP contribution < -0.4 is 0 Å². The highest BCUT2D eigenvalue weighted by molar-refractivity contribution is 5.70. The van der Waals surface area contributed by atoms with Gasteiger partial charge in [0.15, 0.2) is 12.1 Å². The summed E-state index contributed by atoms with van der Waals surface area (Å²) in [5, 5.41) is 0. The van der Waals surface area contributed by atoms with E-state index in [4.69, 9.17) is 0 Å². The molecule has 0 unspecified atom stereocenters. The van der Waals surface area contributed by atoms with Crippen molar-refractivity contribution in [3.05, 3.63) is 55.2 Å². The lowest BCUT2D eigenvalue weighted by atomic mass is 10.2. The smallest absolute Gasteiger partial charge is 0.185 e.